The number of halogens is 1. The molecule has 0 atom stereocenters. The van der Waals surface area contributed by atoms with Gasteiger partial charge in [0.15, 0.2) is 0 Å². The Morgan fingerprint density at radius 1 is 0.895 bits per heavy atom. The van der Waals surface area contributed by atoms with Gasteiger partial charge in [-0.25, -0.2) is 13.2 Å². The third-order valence-electron chi connectivity index (χ3n) is 6.34. The Kier molecular flexibility index (Phi) is 8.58. The Hall–Kier alpha value is -3.56. The molecule has 2 amide bonds. The third kappa shape index (κ3) is 6.11. The number of rotatable bonds is 7. The van der Waals surface area contributed by atoms with E-state index < -0.39 is 16.1 Å². The second-order valence-corrected chi connectivity index (χ2v) is 11.2. The molecular formula is C28H30ClN3O5S. The van der Waals surface area contributed by atoms with Gasteiger partial charge in [0.2, 0.25) is 0 Å². The van der Waals surface area contributed by atoms with Gasteiger partial charge in [0.1, 0.15) is 0 Å². The van der Waals surface area contributed by atoms with Crippen LogP contribution in [0.1, 0.15) is 28.4 Å². The molecule has 10 heteroatoms. The first-order valence-electron chi connectivity index (χ1n) is 12.3. The van der Waals surface area contributed by atoms with E-state index in [-0.39, 0.29) is 35.2 Å². The van der Waals surface area contributed by atoms with Gasteiger partial charge in [0.05, 0.1) is 29.3 Å². The topological polar surface area (TPSA) is 87.2 Å². The molecular weight excluding hydrogens is 526 g/mol. The summed E-state index contributed by atoms with van der Waals surface area (Å²) in [6.07, 6.45) is -0.404. The molecule has 3 aromatic rings. The molecule has 0 unspecified atom stereocenters. The molecule has 1 fully saturated rings. The minimum atomic E-state index is -4.03. The number of carbonyl (C=O) groups excluding carboxylic acids is 2. The first-order valence-corrected chi connectivity index (χ1v) is 14.2. The second-order valence-electron chi connectivity index (χ2n) is 8.95. The molecule has 0 spiro atoms. The van der Waals surface area contributed by atoms with E-state index in [4.69, 9.17) is 16.3 Å². The summed E-state index contributed by atoms with van der Waals surface area (Å²) in [6, 6.07) is 20.3. The van der Waals surface area contributed by atoms with Crippen LogP contribution in [0.4, 0.5) is 10.5 Å². The molecule has 0 aromatic heterocycles. The summed E-state index contributed by atoms with van der Waals surface area (Å²) in [6.45, 7) is 5.22. The Balaban J connectivity index is 1.69. The van der Waals surface area contributed by atoms with Gasteiger partial charge in [-0.05, 0) is 55.8 Å². The molecule has 0 saturated carbocycles. The smallest absolute Gasteiger partial charge is 0.409 e. The van der Waals surface area contributed by atoms with Crippen LogP contribution in [-0.2, 0) is 21.3 Å². The first-order chi connectivity index (χ1) is 18.2. The van der Waals surface area contributed by atoms with Crippen molar-refractivity contribution in [3.05, 3.63) is 94.5 Å². The zero-order valence-electron chi connectivity index (χ0n) is 21.3. The first kappa shape index (κ1) is 27.5. The molecule has 1 aliphatic heterocycles. The predicted molar refractivity (Wildman–Crippen MR) is 147 cm³/mol. The molecule has 38 heavy (non-hydrogen) atoms. The summed E-state index contributed by atoms with van der Waals surface area (Å²) in [5, 5.41) is 0.541. The van der Waals surface area contributed by atoms with Crippen molar-refractivity contribution in [3.8, 4) is 0 Å². The number of nitrogens with zero attached hydrogens (tertiary/aromatic N) is 3. The highest BCUT2D eigenvalue weighted by molar-refractivity contribution is 7.92. The minimum Gasteiger partial charge on any atom is -0.450 e. The molecule has 1 heterocycles. The van der Waals surface area contributed by atoms with Gasteiger partial charge in [0, 0.05) is 31.2 Å². The van der Waals surface area contributed by atoms with Gasteiger partial charge in [-0.3, -0.25) is 9.10 Å². The molecule has 3 aromatic carbocycles. The van der Waals surface area contributed by atoms with Crippen molar-refractivity contribution in [2.24, 2.45) is 0 Å². The average molecular weight is 556 g/mol. The molecule has 0 N–H and O–H groups in total. The van der Waals surface area contributed by atoms with Gasteiger partial charge < -0.3 is 14.5 Å². The Morgan fingerprint density at radius 3 is 2.13 bits per heavy atom. The molecule has 200 valence electrons. The van der Waals surface area contributed by atoms with Crippen molar-refractivity contribution in [1.29, 1.82) is 0 Å². The minimum absolute atomic E-state index is 0.00824. The highest BCUT2D eigenvalue weighted by Gasteiger charge is 2.31. The summed E-state index contributed by atoms with van der Waals surface area (Å²) in [5.41, 5.74) is 2.20. The average Bonchev–Trinajstić information content (AvgIpc) is 2.93. The predicted octanol–water partition coefficient (Wildman–Crippen LogP) is 4.96. The van der Waals surface area contributed by atoms with Crippen molar-refractivity contribution in [3.63, 3.8) is 0 Å². The number of piperazine rings is 1. The summed E-state index contributed by atoms with van der Waals surface area (Å²) in [4.78, 5) is 29.1. The second kappa shape index (κ2) is 11.9. The maximum absolute atomic E-state index is 14.0. The van der Waals surface area contributed by atoms with Crippen molar-refractivity contribution >= 4 is 39.3 Å². The number of hydrogen-bond donors (Lipinski definition) is 0. The van der Waals surface area contributed by atoms with E-state index in [1.54, 1.807) is 89.5 Å². The number of sulfonamides is 1. The lowest BCUT2D eigenvalue weighted by atomic mass is 10.1. The summed E-state index contributed by atoms with van der Waals surface area (Å²) >= 11 is 6.05. The van der Waals surface area contributed by atoms with Gasteiger partial charge >= 0.3 is 6.09 Å². The fourth-order valence-electron chi connectivity index (χ4n) is 4.24. The van der Waals surface area contributed by atoms with Crippen LogP contribution in [0.25, 0.3) is 0 Å². The fraction of sp³-hybridized carbons (Fsp3) is 0.286. The number of benzene rings is 3. The molecule has 1 aliphatic rings. The lowest BCUT2D eigenvalue weighted by molar-refractivity contribution is 0.0571. The standard InChI is InChI=1S/C28H30ClN3O5S/c1-3-37-28(34)31-18-16-30(17-19-31)27(33)25-6-4-5-7-26(25)32(20-22-10-12-23(29)13-11-22)38(35,36)24-14-8-21(2)9-15-24/h4-15H,3,16-20H2,1-2H3. The number of aryl methyl sites for hydroxylation is 1. The zero-order valence-corrected chi connectivity index (χ0v) is 22.9. The number of amides is 2. The van der Waals surface area contributed by atoms with Gasteiger partial charge in [-0.2, -0.15) is 0 Å². The largest absolute Gasteiger partial charge is 0.450 e. The van der Waals surface area contributed by atoms with Crippen LogP contribution >= 0.6 is 11.6 Å². The van der Waals surface area contributed by atoms with Gasteiger partial charge in [0.25, 0.3) is 15.9 Å². The normalized spacial score (nSPS) is 13.8. The van der Waals surface area contributed by atoms with E-state index in [1.807, 2.05) is 6.92 Å². The van der Waals surface area contributed by atoms with E-state index in [9.17, 15) is 18.0 Å². The maximum atomic E-state index is 14.0. The number of hydrogen-bond acceptors (Lipinski definition) is 5. The van der Waals surface area contributed by atoms with E-state index in [1.165, 1.54) is 4.31 Å². The summed E-state index contributed by atoms with van der Waals surface area (Å²) in [5.74, 6) is -0.302. The Morgan fingerprint density at radius 2 is 1.50 bits per heavy atom. The summed E-state index contributed by atoms with van der Waals surface area (Å²) < 4.78 is 34.3. The number of ether oxygens (including phenoxy) is 1. The van der Waals surface area contributed by atoms with E-state index in [0.717, 1.165) is 11.1 Å². The highest BCUT2D eigenvalue weighted by atomic mass is 35.5. The van der Waals surface area contributed by atoms with Gasteiger partial charge in [-0.1, -0.05) is 53.6 Å². The zero-order chi connectivity index (χ0) is 27.3. The van der Waals surface area contributed by atoms with Crippen LogP contribution in [0, 0.1) is 6.92 Å². The number of anilines is 1. The molecule has 4 rings (SSSR count). The molecule has 0 aliphatic carbocycles. The molecule has 0 bridgehead atoms. The highest BCUT2D eigenvalue weighted by Crippen LogP contribution is 2.31. The quantitative estimate of drug-likeness (QED) is 0.411. The van der Waals surface area contributed by atoms with Crippen LogP contribution in [0.5, 0.6) is 0 Å². The van der Waals surface area contributed by atoms with Crippen LogP contribution in [0.15, 0.2) is 77.7 Å². The number of para-hydroxylation sites is 1. The van der Waals surface area contributed by atoms with Crippen LogP contribution in [-0.4, -0.2) is 63.0 Å². The van der Waals surface area contributed by atoms with Crippen molar-refractivity contribution in [2.75, 3.05) is 37.1 Å². The number of carbonyl (C=O) groups is 2. The lowest BCUT2D eigenvalue weighted by Crippen LogP contribution is -2.51. The summed E-state index contributed by atoms with van der Waals surface area (Å²) in [7, 11) is -4.03. The van der Waals surface area contributed by atoms with Crippen molar-refractivity contribution in [1.82, 2.24) is 9.80 Å². The Labute approximate surface area is 228 Å². The fourth-order valence-corrected chi connectivity index (χ4v) is 5.84. The van der Waals surface area contributed by atoms with Crippen molar-refractivity contribution < 1.29 is 22.7 Å². The Bertz CT molecular complexity index is 1390. The van der Waals surface area contributed by atoms with E-state index in [0.29, 0.717) is 31.2 Å². The molecule has 0 radical (unpaired) electrons. The van der Waals surface area contributed by atoms with Crippen LogP contribution in [0.3, 0.4) is 0 Å². The monoisotopic (exact) mass is 555 g/mol. The van der Waals surface area contributed by atoms with Crippen LogP contribution in [0.2, 0.25) is 5.02 Å². The van der Waals surface area contributed by atoms with E-state index >= 15 is 0 Å². The van der Waals surface area contributed by atoms with Gasteiger partial charge in [-0.15, -0.1) is 0 Å². The lowest BCUT2D eigenvalue weighted by Gasteiger charge is -2.35. The van der Waals surface area contributed by atoms with Crippen molar-refractivity contribution in [2.45, 2.75) is 25.3 Å². The van der Waals surface area contributed by atoms with E-state index in [2.05, 4.69) is 0 Å². The SMILES string of the molecule is CCOC(=O)N1CCN(C(=O)c2ccccc2N(Cc2ccc(Cl)cc2)S(=O)(=O)c2ccc(C)cc2)CC1. The molecule has 1 saturated heterocycles. The van der Waals surface area contributed by atoms with Crippen LogP contribution < -0.4 is 4.31 Å². The molecule has 8 nitrogen and oxygen atoms in total. The maximum Gasteiger partial charge on any atom is 0.409 e. The third-order valence-corrected chi connectivity index (χ3v) is 8.37.